The van der Waals surface area contributed by atoms with Gasteiger partial charge in [-0.2, -0.15) is 5.10 Å². The number of hydrogen-bond acceptors (Lipinski definition) is 3. The van der Waals surface area contributed by atoms with Gasteiger partial charge in [0.2, 0.25) is 0 Å². The van der Waals surface area contributed by atoms with Gasteiger partial charge in [0.25, 0.3) is 5.91 Å². The number of carbonyl (C=O) groups excluding carboxylic acids is 1. The quantitative estimate of drug-likeness (QED) is 0.722. The van der Waals surface area contributed by atoms with Gasteiger partial charge in [-0.25, -0.2) is 0 Å². The van der Waals surface area contributed by atoms with E-state index in [-0.39, 0.29) is 18.6 Å². The standard InChI is InChI=1S/C20H21N3O2/c1-14(2)21-17(24)13-25-20-18(15-9-5-3-6-10-15)22-23-19(20)16-11-7-4-8-12-16/h3-12,14H,13H2,1-2H3,(H,21,24)(H,22,23). The fourth-order valence-corrected chi connectivity index (χ4v) is 2.57. The summed E-state index contributed by atoms with van der Waals surface area (Å²) in [5, 5.41) is 10.3. The normalized spacial score (nSPS) is 10.7. The second-order valence-corrected chi connectivity index (χ2v) is 6.02. The highest BCUT2D eigenvalue weighted by Crippen LogP contribution is 2.36. The lowest BCUT2D eigenvalue weighted by atomic mass is 10.1. The fourth-order valence-electron chi connectivity index (χ4n) is 2.57. The molecule has 0 aliphatic rings. The summed E-state index contributed by atoms with van der Waals surface area (Å²) in [6.45, 7) is 3.78. The molecule has 1 aromatic heterocycles. The maximum Gasteiger partial charge on any atom is 0.258 e. The largest absolute Gasteiger partial charge is 0.479 e. The molecule has 0 saturated heterocycles. The molecule has 0 aliphatic carbocycles. The Morgan fingerprint density at radius 3 is 2.24 bits per heavy atom. The van der Waals surface area contributed by atoms with E-state index in [9.17, 15) is 4.79 Å². The minimum atomic E-state index is -0.158. The smallest absolute Gasteiger partial charge is 0.258 e. The number of amides is 1. The monoisotopic (exact) mass is 335 g/mol. The Kier molecular flexibility index (Phi) is 5.14. The SMILES string of the molecule is CC(C)NC(=O)COc1c(-c2ccccc2)n[nH]c1-c1ccccc1. The number of nitrogens with one attached hydrogen (secondary N) is 2. The molecule has 2 N–H and O–H groups in total. The van der Waals surface area contributed by atoms with Crippen LogP contribution in [0.25, 0.3) is 22.5 Å². The van der Waals surface area contributed by atoms with Crippen LogP contribution in [0.5, 0.6) is 5.75 Å². The Balaban J connectivity index is 1.94. The zero-order valence-electron chi connectivity index (χ0n) is 14.3. The third-order valence-corrected chi connectivity index (χ3v) is 3.63. The average Bonchev–Trinajstić information content (AvgIpc) is 3.05. The molecule has 0 spiro atoms. The van der Waals surface area contributed by atoms with E-state index in [2.05, 4.69) is 15.5 Å². The molecule has 5 heteroatoms. The fraction of sp³-hybridized carbons (Fsp3) is 0.200. The van der Waals surface area contributed by atoms with Crippen LogP contribution in [0.15, 0.2) is 60.7 Å². The lowest BCUT2D eigenvalue weighted by Gasteiger charge is -2.11. The average molecular weight is 335 g/mol. The van der Waals surface area contributed by atoms with Crippen molar-refractivity contribution in [3.63, 3.8) is 0 Å². The maximum atomic E-state index is 12.0. The highest BCUT2D eigenvalue weighted by Gasteiger charge is 2.19. The van der Waals surface area contributed by atoms with Crippen LogP contribution >= 0.6 is 0 Å². The summed E-state index contributed by atoms with van der Waals surface area (Å²) in [4.78, 5) is 12.0. The third kappa shape index (κ3) is 4.07. The van der Waals surface area contributed by atoms with Crippen LogP contribution in [0, 0.1) is 0 Å². The molecule has 1 heterocycles. The van der Waals surface area contributed by atoms with Gasteiger partial charge in [0.05, 0.1) is 0 Å². The van der Waals surface area contributed by atoms with Gasteiger partial charge in [-0.05, 0) is 13.8 Å². The van der Waals surface area contributed by atoms with Gasteiger partial charge < -0.3 is 10.1 Å². The van der Waals surface area contributed by atoms with E-state index >= 15 is 0 Å². The zero-order valence-corrected chi connectivity index (χ0v) is 14.3. The number of aromatic nitrogens is 2. The molecule has 3 aromatic rings. The van der Waals surface area contributed by atoms with Gasteiger partial charge in [-0.3, -0.25) is 9.89 Å². The summed E-state index contributed by atoms with van der Waals surface area (Å²) in [5.41, 5.74) is 3.34. The molecule has 5 nitrogen and oxygen atoms in total. The van der Waals surface area contributed by atoms with Crippen molar-refractivity contribution < 1.29 is 9.53 Å². The molecule has 0 bridgehead atoms. The highest BCUT2D eigenvalue weighted by molar-refractivity contribution is 5.81. The van der Waals surface area contributed by atoms with Gasteiger partial charge in [-0.15, -0.1) is 0 Å². The molecule has 0 atom stereocenters. The van der Waals surface area contributed by atoms with E-state index in [0.29, 0.717) is 11.4 Å². The number of benzene rings is 2. The number of hydrogen-bond donors (Lipinski definition) is 2. The molecule has 128 valence electrons. The van der Waals surface area contributed by atoms with Crippen LogP contribution in [0.3, 0.4) is 0 Å². The van der Waals surface area contributed by atoms with Crippen molar-refractivity contribution in [2.45, 2.75) is 19.9 Å². The summed E-state index contributed by atoms with van der Waals surface area (Å²) < 4.78 is 5.87. The molecule has 1 amide bonds. The summed E-state index contributed by atoms with van der Waals surface area (Å²) >= 11 is 0. The minimum absolute atomic E-state index is 0.0582. The van der Waals surface area contributed by atoms with Gasteiger partial charge >= 0.3 is 0 Å². The summed E-state index contributed by atoms with van der Waals surface area (Å²) in [5.74, 6) is 0.422. The Bertz CT molecular complexity index is 770. The molecular weight excluding hydrogens is 314 g/mol. The Morgan fingerprint density at radius 1 is 1.04 bits per heavy atom. The first-order valence-electron chi connectivity index (χ1n) is 8.26. The molecule has 0 unspecified atom stereocenters. The van der Waals surface area contributed by atoms with Gasteiger partial charge in [-0.1, -0.05) is 60.7 Å². The van der Waals surface area contributed by atoms with E-state index in [1.54, 1.807) is 0 Å². The van der Waals surface area contributed by atoms with Gasteiger partial charge in [0, 0.05) is 17.2 Å². The number of H-pyrrole nitrogens is 1. The summed E-state index contributed by atoms with van der Waals surface area (Å²) in [6, 6.07) is 19.6. The van der Waals surface area contributed by atoms with Crippen LogP contribution in [-0.4, -0.2) is 28.8 Å². The van der Waals surface area contributed by atoms with Crippen molar-refractivity contribution in [2.24, 2.45) is 0 Å². The molecular formula is C20H21N3O2. The first-order valence-corrected chi connectivity index (χ1v) is 8.26. The van der Waals surface area contributed by atoms with E-state index in [1.807, 2.05) is 74.5 Å². The van der Waals surface area contributed by atoms with Crippen molar-refractivity contribution in [3.8, 4) is 28.3 Å². The second kappa shape index (κ2) is 7.66. The van der Waals surface area contributed by atoms with Crippen LogP contribution in [-0.2, 0) is 4.79 Å². The molecule has 0 aliphatic heterocycles. The Morgan fingerprint density at radius 2 is 1.64 bits per heavy atom. The molecule has 2 aromatic carbocycles. The van der Waals surface area contributed by atoms with Crippen LogP contribution in [0.4, 0.5) is 0 Å². The number of aromatic amines is 1. The molecule has 0 radical (unpaired) electrons. The first kappa shape index (κ1) is 16.8. The number of carbonyl (C=O) groups is 1. The van der Waals surface area contributed by atoms with Gasteiger partial charge in [0.1, 0.15) is 11.4 Å². The molecule has 0 fully saturated rings. The van der Waals surface area contributed by atoms with Crippen LogP contribution < -0.4 is 10.1 Å². The predicted molar refractivity (Wildman–Crippen MR) is 98.2 cm³/mol. The van der Waals surface area contributed by atoms with Crippen molar-refractivity contribution in [2.75, 3.05) is 6.61 Å². The second-order valence-electron chi connectivity index (χ2n) is 6.02. The Hall–Kier alpha value is -3.08. The molecule has 0 saturated carbocycles. The number of rotatable bonds is 6. The van der Waals surface area contributed by atoms with E-state index < -0.39 is 0 Å². The van der Waals surface area contributed by atoms with E-state index in [0.717, 1.165) is 16.8 Å². The minimum Gasteiger partial charge on any atom is -0.479 e. The van der Waals surface area contributed by atoms with Crippen molar-refractivity contribution >= 4 is 5.91 Å². The van der Waals surface area contributed by atoms with Gasteiger partial charge in [0.15, 0.2) is 12.4 Å². The van der Waals surface area contributed by atoms with Crippen LogP contribution in [0.2, 0.25) is 0 Å². The third-order valence-electron chi connectivity index (χ3n) is 3.63. The van der Waals surface area contributed by atoms with Crippen LogP contribution in [0.1, 0.15) is 13.8 Å². The highest BCUT2D eigenvalue weighted by atomic mass is 16.5. The lowest BCUT2D eigenvalue weighted by molar-refractivity contribution is -0.123. The van der Waals surface area contributed by atoms with Crippen molar-refractivity contribution in [1.29, 1.82) is 0 Å². The Labute approximate surface area is 147 Å². The summed E-state index contributed by atoms with van der Waals surface area (Å²) in [7, 11) is 0. The maximum absolute atomic E-state index is 12.0. The van der Waals surface area contributed by atoms with E-state index in [4.69, 9.17) is 4.74 Å². The lowest BCUT2D eigenvalue weighted by Crippen LogP contribution is -2.34. The predicted octanol–water partition coefficient (Wildman–Crippen LogP) is 3.65. The van der Waals surface area contributed by atoms with E-state index in [1.165, 1.54) is 0 Å². The molecule has 3 rings (SSSR count). The van der Waals surface area contributed by atoms with Crippen molar-refractivity contribution in [3.05, 3.63) is 60.7 Å². The summed E-state index contributed by atoms with van der Waals surface area (Å²) in [6.07, 6.45) is 0. The zero-order chi connectivity index (χ0) is 17.6. The topological polar surface area (TPSA) is 67.0 Å². The molecule has 25 heavy (non-hydrogen) atoms. The van der Waals surface area contributed by atoms with Crippen molar-refractivity contribution in [1.82, 2.24) is 15.5 Å². The number of nitrogens with zero attached hydrogens (tertiary/aromatic N) is 1. The number of ether oxygens (including phenoxy) is 1. The first-order chi connectivity index (χ1) is 12.1.